The Balaban J connectivity index is 1.72. The van der Waals surface area contributed by atoms with Crippen LogP contribution in [0.15, 0.2) is 47.1 Å². The van der Waals surface area contributed by atoms with Crippen molar-refractivity contribution < 1.29 is 23.4 Å². The molecule has 1 aliphatic rings. The van der Waals surface area contributed by atoms with E-state index in [1.165, 1.54) is 18.2 Å². The Hall–Kier alpha value is -1.57. The summed E-state index contributed by atoms with van der Waals surface area (Å²) < 4.78 is 37.6. The molecule has 4 nitrogen and oxygen atoms in total. The Morgan fingerprint density at radius 1 is 1.25 bits per heavy atom. The molecule has 0 amide bonds. The van der Waals surface area contributed by atoms with Gasteiger partial charge in [-0.15, -0.1) is 8.78 Å². The zero-order valence-electron chi connectivity index (χ0n) is 12.7. The molecule has 1 atom stereocenters. The van der Waals surface area contributed by atoms with Gasteiger partial charge in [-0.3, -0.25) is 9.72 Å². The highest BCUT2D eigenvalue weighted by Gasteiger charge is 2.39. The van der Waals surface area contributed by atoms with E-state index in [0.717, 1.165) is 10.9 Å². The number of benzene rings is 1. The molecule has 1 aliphatic carbocycles. The van der Waals surface area contributed by atoms with Crippen LogP contribution in [0, 0.1) is 0 Å². The molecule has 7 heteroatoms. The normalized spacial score (nSPS) is 16.5. The maximum absolute atomic E-state index is 13.8. The summed E-state index contributed by atoms with van der Waals surface area (Å²) in [4.78, 5) is 4.11. The maximum Gasteiger partial charge on any atom is 0.535 e. The van der Waals surface area contributed by atoms with E-state index in [1.54, 1.807) is 24.4 Å². The van der Waals surface area contributed by atoms with Crippen LogP contribution >= 0.6 is 15.9 Å². The number of aromatic nitrogens is 1. The first-order chi connectivity index (χ1) is 11.4. The molecule has 0 radical (unpaired) electrons. The van der Waals surface area contributed by atoms with Gasteiger partial charge in [0.05, 0.1) is 11.8 Å². The van der Waals surface area contributed by atoms with E-state index >= 15 is 0 Å². The number of pyridine rings is 1. The van der Waals surface area contributed by atoms with Crippen LogP contribution in [0.2, 0.25) is 0 Å². The Kier molecular flexibility index (Phi) is 5.12. The first kappa shape index (κ1) is 17.3. The van der Waals surface area contributed by atoms with Gasteiger partial charge in [0.1, 0.15) is 11.9 Å². The second-order valence-electron chi connectivity index (χ2n) is 5.61. The van der Waals surface area contributed by atoms with Crippen molar-refractivity contribution in [3.05, 3.63) is 58.3 Å². The van der Waals surface area contributed by atoms with Gasteiger partial charge in [0.15, 0.2) is 0 Å². The van der Waals surface area contributed by atoms with Crippen LogP contribution in [0.1, 0.15) is 36.6 Å². The second-order valence-corrected chi connectivity index (χ2v) is 6.53. The molecule has 1 N–H and O–H groups in total. The number of halogens is 3. The number of nitrogens with zero attached hydrogens (tertiary/aromatic N) is 1. The van der Waals surface area contributed by atoms with E-state index in [9.17, 15) is 13.9 Å². The standard InChI is InChI=1S/C17H16BrF2NO3/c18-12-7-8-15(21-10-12)16(22)11-3-1-6-14(9-11)24-17(19,20)23-13-4-2-5-13/h1,3,6-10,13,16,22H,2,4-5H2. The first-order valence-electron chi connectivity index (χ1n) is 7.57. The van der Waals surface area contributed by atoms with Gasteiger partial charge in [0.25, 0.3) is 0 Å². The monoisotopic (exact) mass is 399 g/mol. The molecule has 1 heterocycles. The molecule has 24 heavy (non-hydrogen) atoms. The van der Waals surface area contributed by atoms with Gasteiger partial charge in [-0.05, 0) is 65.0 Å². The lowest BCUT2D eigenvalue weighted by Crippen LogP contribution is -2.36. The summed E-state index contributed by atoms with van der Waals surface area (Å²) in [7, 11) is 0. The number of rotatable bonds is 6. The number of aliphatic hydroxyl groups excluding tert-OH is 1. The van der Waals surface area contributed by atoms with E-state index in [0.29, 0.717) is 24.1 Å². The Labute approximate surface area is 146 Å². The SMILES string of the molecule is OC(c1cccc(OC(F)(F)OC2CCC2)c1)c1ccc(Br)cn1. The lowest BCUT2D eigenvalue weighted by atomic mass is 9.96. The lowest BCUT2D eigenvalue weighted by Gasteiger charge is -2.29. The fraction of sp³-hybridized carbons (Fsp3) is 0.353. The van der Waals surface area contributed by atoms with Crippen LogP contribution in [0.3, 0.4) is 0 Å². The van der Waals surface area contributed by atoms with Gasteiger partial charge in [-0.2, -0.15) is 0 Å². The molecule has 1 fully saturated rings. The van der Waals surface area contributed by atoms with Gasteiger partial charge in [0, 0.05) is 10.7 Å². The lowest BCUT2D eigenvalue weighted by molar-refractivity contribution is -0.376. The van der Waals surface area contributed by atoms with Crippen molar-refractivity contribution in [2.24, 2.45) is 0 Å². The molecule has 0 bridgehead atoms. The summed E-state index contributed by atoms with van der Waals surface area (Å²) in [6.45, 7) is 0. The summed E-state index contributed by atoms with van der Waals surface area (Å²) in [6, 6.07) is 9.29. The molecule has 1 aromatic heterocycles. The molecule has 128 valence electrons. The highest BCUT2D eigenvalue weighted by molar-refractivity contribution is 9.10. The minimum absolute atomic E-state index is 0.0759. The number of ether oxygens (including phenoxy) is 2. The van der Waals surface area contributed by atoms with Gasteiger partial charge in [-0.25, -0.2) is 0 Å². The third-order valence-corrected chi connectivity index (χ3v) is 4.27. The van der Waals surface area contributed by atoms with Crippen molar-refractivity contribution in [2.45, 2.75) is 37.8 Å². The molecule has 0 aliphatic heterocycles. The molecular weight excluding hydrogens is 384 g/mol. The molecule has 0 saturated heterocycles. The Morgan fingerprint density at radius 2 is 2.04 bits per heavy atom. The van der Waals surface area contributed by atoms with Gasteiger partial charge < -0.3 is 9.84 Å². The summed E-state index contributed by atoms with van der Waals surface area (Å²) in [5.41, 5.74) is 0.814. The molecular formula is C17H16BrF2NO3. The van der Waals surface area contributed by atoms with Crippen molar-refractivity contribution in [3.63, 3.8) is 0 Å². The second kappa shape index (κ2) is 7.13. The topological polar surface area (TPSA) is 51.6 Å². The largest absolute Gasteiger partial charge is 0.535 e. The quantitative estimate of drug-likeness (QED) is 0.730. The van der Waals surface area contributed by atoms with E-state index in [1.807, 2.05) is 0 Å². The van der Waals surface area contributed by atoms with Gasteiger partial charge in [0.2, 0.25) is 0 Å². The van der Waals surface area contributed by atoms with Crippen LogP contribution in [0.5, 0.6) is 5.75 Å². The molecule has 1 aromatic carbocycles. The average molecular weight is 400 g/mol. The maximum atomic E-state index is 13.8. The fourth-order valence-electron chi connectivity index (χ4n) is 2.31. The van der Waals surface area contributed by atoms with Crippen molar-refractivity contribution in [1.29, 1.82) is 0 Å². The zero-order chi connectivity index (χ0) is 17.2. The summed E-state index contributed by atoms with van der Waals surface area (Å²) in [5, 5.41) is 10.3. The van der Waals surface area contributed by atoms with Crippen molar-refractivity contribution in [1.82, 2.24) is 4.98 Å². The van der Waals surface area contributed by atoms with E-state index < -0.39 is 18.5 Å². The van der Waals surface area contributed by atoms with Gasteiger partial charge in [-0.1, -0.05) is 12.1 Å². The molecule has 0 spiro atoms. The molecule has 1 saturated carbocycles. The predicted molar refractivity (Wildman–Crippen MR) is 86.7 cm³/mol. The minimum atomic E-state index is -3.69. The summed E-state index contributed by atoms with van der Waals surface area (Å²) in [6.07, 6.45) is -1.50. The average Bonchev–Trinajstić information content (AvgIpc) is 2.51. The first-order valence-corrected chi connectivity index (χ1v) is 8.36. The highest BCUT2D eigenvalue weighted by atomic mass is 79.9. The van der Waals surface area contributed by atoms with Crippen LogP contribution in [0.4, 0.5) is 8.78 Å². The number of hydrogen-bond acceptors (Lipinski definition) is 4. The summed E-state index contributed by atoms with van der Waals surface area (Å²) >= 11 is 3.26. The Morgan fingerprint density at radius 3 is 2.67 bits per heavy atom. The van der Waals surface area contributed by atoms with E-state index in [4.69, 9.17) is 0 Å². The summed E-state index contributed by atoms with van der Waals surface area (Å²) in [5.74, 6) is -0.0759. The number of aliphatic hydroxyl groups is 1. The third kappa shape index (κ3) is 4.28. The molecule has 2 aromatic rings. The molecule has 3 rings (SSSR count). The van der Waals surface area contributed by atoms with Crippen molar-refractivity contribution >= 4 is 15.9 Å². The van der Waals surface area contributed by atoms with Crippen LogP contribution in [0.25, 0.3) is 0 Å². The third-order valence-electron chi connectivity index (χ3n) is 3.80. The zero-order valence-corrected chi connectivity index (χ0v) is 14.2. The van der Waals surface area contributed by atoms with Gasteiger partial charge >= 0.3 is 6.29 Å². The number of hydrogen-bond donors (Lipinski definition) is 1. The Bertz CT molecular complexity index is 692. The fourth-order valence-corrected chi connectivity index (χ4v) is 2.55. The van der Waals surface area contributed by atoms with Crippen LogP contribution in [-0.2, 0) is 4.74 Å². The van der Waals surface area contributed by atoms with Crippen LogP contribution < -0.4 is 4.74 Å². The molecule has 1 unspecified atom stereocenters. The van der Waals surface area contributed by atoms with Crippen LogP contribution in [-0.4, -0.2) is 22.5 Å². The smallest absolute Gasteiger partial charge is 0.409 e. The highest BCUT2D eigenvalue weighted by Crippen LogP contribution is 2.32. The number of alkyl halides is 2. The van der Waals surface area contributed by atoms with Crippen molar-refractivity contribution in [2.75, 3.05) is 0 Å². The van der Waals surface area contributed by atoms with E-state index in [2.05, 4.69) is 30.4 Å². The predicted octanol–water partition coefficient (Wildman–Crippen LogP) is 4.42. The van der Waals surface area contributed by atoms with Crippen molar-refractivity contribution in [3.8, 4) is 5.75 Å². The van der Waals surface area contributed by atoms with E-state index in [-0.39, 0.29) is 5.75 Å². The minimum Gasteiger partial charge on any atom is -0.409 e.